The van der Waals surface area contributed by atoms with Crippen molar-refractivity contribution >= 4 is 12.6 Å². The number of benzene rings is 1. The molecule has 2 nitrogen and oxygen atoms in total. The Morgan fingerprint density at radius 3 is 1.79 bits per heavy atom. The SMILES string of the molecule is CC(C)=C(B1OC(C)(C)C(C)(C)O1)c1ccccc1. The number of hydrogen-bond donors (Lipinski definition) is 0. The molecule has 1 aliphatic rings. The Hall–Kier alpha value is -1.06. The van der Waals surface area contributed by atoms with Crippen LogP contribution < -0.4 is 0 Å². The summed E-state index contributed by atoms with van der Waals surface area (Å²) < 4.78 is 12.3. The Balaban J connectivity index is 2.38. The van der Waals surface area contributed by atoms with Crippen molar-refractivity contribution < 1.29 is 9.31 Å². The maximum Gasteiger partial charge on any atom is 0.495 e. The van der Waals surface area contributed by atoms with E-state index in [1.54, 1.807) is 0 Å². The van der Waals surface area contributed by atoms with Crippen molar-refractivity contribution in [2.45, 2.75) is 52.7 Å². The summed E-state index contributed by atoms with van der Waals surface area (Å²) in [6.45, 7) is 12.5. The first-order chi connectivity index (χ1) is 8.74. The Kier molecular flexibility index (Phi) is 3.63. The third kappa shape index (κ3) is 2.63. The van der Waals surface area contributed by atoms with Gasteiger partial charge in [0.25, 0.3) is 0 Å². The van der Waals surface area contributed by atoms with Gasteiger partial charge < -0.3 is 9.31 Å². The van der Waals surface area contributed by atoms with Crippen molar-refractivity contribution in [1.82, 2.24) is 0 Å². The van der Waals surface area contributed by atoms with Gasteiger partial charge in [-0.1, -0.05) is 35.9 Å². The molecule has 0 spiro atoms. The summed E-state index contributed by atoms with van der Waals surface area (Å²) >= 11 is 0. The van der Waals surface area contributed by atoms with E-state index in [0.29, 0.717) is 0 Å². The van der Waals surface area contributed by atoms with Crippen LogP contribution in [-0.2, 0) is 9.31 Å². The second-order valence-corrected chi connectivity index (χ2v) is 6.37. The maximum absolute atomic E-state index is 6.16. The molecule has 0 aliphatic carbocycles. The van der Waals surface area contributed by atoms with Crippen molar-refractivity contribution in [2.24, 2.45) is 0 Å². The maximum atomic E-state index is 6.16. The van der Waals surface area contributed by atoms with Gasteiger partial charge in [0, 0.05) is 0 Å². The molecule has 1 aliphatic heterocycles. The molecular formula is C16H23BO2. The third-order valence-corrected chi connectivity index (χ3v) is 4.11. The van der Waals surface area contributed by atoms with Gasteiger partial charge in [0.15, 0.2) is 0 Å². The molecule has 0 amide bonds. The molecule has 1 fully saturated rings. The lowest BCUT2D eigenvalue weighted by molar-refractivity contribution is 0.00578. The molecule has 0 aromatic heterocycles. The van der Waals surface area contributed by atoms with E-state index in [1.165, 1.54) is 11.1 Å². The molecule has 1 saturated heterocycles. The molecule has 1 aromatic carbocycles. The van der Waals surface area contributed by atoms with Crippen LogP contribution in [0, 0.1) is 0 Å². The topological polar surface area (TPSA) is 18.5 Å². The Bertz CT molecular complexity index is 469. The second-order valence-electron chi connectivity index (χ2n) is 6.37. The summed E-state index contributed by atoms with van der Waals surface area (Å²) in [7, 11) is -0.294. The van der Waals surface area contributed by atoms with Crippen LogP contribution in [0.2, 0.25) is 0 Å². The van der Waals surface area contributed by atoms with Crippen LogP contribution in [0.1, 0.15) is 47.1 Å². The van der Waals surface area contributed by atoms with Gasteiger partial charge in [0.1, 0.15) is 0 Å². The minimum absolute atomic E-state index is 0.294. The van der Waals surface area contributed by atoms with Crippen LogP contribution in [0.3, 0.4) is 0 Å². The number of hydrogen-bond acceptors (Lipinski definition) is 2. The first kappa shape index (κ1) is 14.4. The lowest BCUT2D eigenvalue weighted by Gasteiger charge is -2.32. The van der Waals surface area contributed by atoms with Crippen LogP contribution in [0.25, 0.3) is 5.47 Å². The predicted molar refractivity (Wildman–Crippen MR) is 80.8 cm³/mol. The van der Waals surface area contributed by atoms with Crippen LogP contribution in [0.15, 0.2) is 35.9 Å². The first-order valence-corrected chi connectivity index (χ1v) is 6.83. The standard InChI is InChI=1S/C16H23BO2/c1-12(2)14(13-10-8-7-9-11-13)17-18-15(3,4)16(5,6)19-17/h7-11H,1-6H3. The molecule has 0 radical (unpaired) electrons. The Morgan fingerprint density at radius 2 is 1.37 bits per heavy atom. The van der Waals surface area contributed by atoms with E-state index < -0.39 is 0 Å². The molecule has 19 heavy (non-hydrogen) atoms. The molecular weight excluding hydrogens is 235 g/mol. The van der Waals surface area contributed by atoms with Crippen molar-refractivity contribution in [3.8, 4) is 0 Å². The molecule has 0 N–H and O–H groups in total. The quantitative estimate of drug-likeness (QED) is 0.743. The Labute approximate surface area is 117 Å². The molecule has 0 unspecified atom stereocenters. The van der Waals surface area contributed by atoms with E-state index in [1.807, 2.05) is 18.2 Å². The zero-order valence-electron chi connectivity index (χ0n) is 12.8. The lowest BCUT2D eigenvalue weighted by atomic mass is 9.72. The highest BCUT2D eigenvalue weighted by Gasteiger charge is 2.52. The molecule has 102 valence electrons. The summed E-state index contributed by atoms with van der Waals surface area (Å²) in [6, 6.07) is 10.3. The third-order valence-electron chi connectivity index (χ3n) is 4.11. The average Bonchev–Trinajstić information content (AvgIpc) is 2.48. The van der Waals surface area contributed by atoms with E-state index in [-0.39, 0.29) is 18.3 Å². The molecule has 0 atom stereocenters. The Morgan fingerprint density at radius 1 is 0.895 bits per heavy atom. The van der Waals surface area contributed by atoms with Gasteiger partial charge >= 0.3 is 7.12 Å². The van der Waals surface area contributed by atoms with Gasteiger partial charge in [0.2, 0.25) is 0 Å². The molecule has 0 saturated carbocycles. The van der Waals surface area contributed by atoms with Gasteiger partial charge in [-0.2, -0.15) is 0 Å². The van der Waals surface area contributed by atoms with Gasteiger partial charge in [0.05, 0.1) is 11.2 Å². The van der Waals surface area contributed by atoms with Gasteiger partial charge in [-0.3, -0.25) is 0 Å². The van der Waals surface area contributed by atoms with Crippen molar-refractivity contribution in [2.75, 3.05) is 0 Å². The molecule has 2 rings (SSSR count). The minimum Gasteiger partial charge on any atom is -0.399 e. The first-order valence-electron chi connectivity index (χ1n) is 6.83. The minimum atomic E-state index is -0.298. The number of allylic oxidation sites excluding steroid dienone is 1. The molecule has 1 aromatic rings. The monoisotopic (exact) mass is 258 g/mol. The zero-order valence-corrected chi connectivity index (χ0v) is 12.8. The van der Waals surface area contributed by atoms with Crippen LogP contribution >= 0.6 is 0 Å². The van der Waals surface area contributed by atoms with Gasteiger partial charge in [-0.15, -0.1) is 0 Å². The smallest absolute Gasteiger partial charge is 0.399 e. The average molecular weight is 258 g/mol. The summed E-state index contributed by atoms with van der Waals surface area (Å²) in [5.74, 6) is 0. The van der Waals surface area contributed by atoms with Crippen LogP contribution in [0.5, 0.6) is 0 Å². The lowest BCUT2D eigenvalue weighted by Crippen LogP contribution is -2.41. The molecule has 3 heteroatoms. The highest BCUT2D eigenvalue weighted by Crippen LogP contribution is 2.41. The molecule has 1 heterocycles. The fourth-order valence-corrected chi connectivity index (χ4v) is 2.24. The van der Waals surface area contributed by atoms with Crippen molar-refractivity contribution in [1.29, 1.82) is 0 Å². The fraction of sp³-hybridized carbons (Fsp3) is 0.500. The van der Waals surface area contributed by atoms with E-state index in [2.05, 4.69) is 53.7 Å². The fourth-order valence-electron chi connectivity index (χ4n) is 2.24. The highest BCUT2D eigenvalue weighted by atomic mass is 16.7. The summed E-state index contributed by atoms with van der Waals surface area (Å²) in [5.41, 5.74) is 2.94. The van der Waals surface area contributed by atoms with Gasteiger partial charge in [-0.25, -0.2) is 0 Å². The summed E-state index contributed by atoms with van der Waals surface area (Å²) in [4.78, 5) is 0. The predicted octanol–water partition coefficient (Wildman–Crippen LogP) is 4.11. The van der Waals surface area contributed by atoms with E-state index in [4.69, 9.17) is 9.31 Å². The highest BCUT2D eigenvalue weighted by molar-refractivity contribution is 6.69. The van der Waals surface area contributed by atoms with Gasteiger partial charge in [-0.05, 0) is 52.6 Å². The van der Waals surface area contributed by atoms with Crippen LogP contribution in [-0.4, -0.2) is 18.3 Å². The van der Waals surface area contributed by atoms with Crippen molar-refractivity contribution in [3.05, 3.63) is 41.5 Å². The van der Waals surface area contributed by atoms with E-state index in [9.17, 15) is 0 Å². The van der Waals surface area contributed by atoms with Crippen molar-refractivity contribution in [3.63, 3.8) is 0 Å². The molecule has 0 bridgehead atoms. The number of rotatable bonds is 2. The zero-order chi connectivity index (χ0) is 14.3. The van der Waals surface area contributed by atoms with E-state index >= 15 is 0 Å². The second kappa shape index (κ2) is 4.80. The van der Waals surface area contributed by atoms with E-state index in [0.717, 1.165) is 5.47 Å². The summed E-state index contributed by atoms with van der Waals surface area (Å²) in [6.07, 6.45) is 0. The normalized spacial score (nSPS) is 20.4. The summed E-state index contributed by atoms with van der Waals surface area (Å²) in [5, 5.41) is 0. The van der Waals surface area contributed by atoms with Crippen LogP contribution in [0.4, 0.5) is 0 Å². The largest absolute Gasteiger partial charge is 0.495 e.